The number of amides is 1. The predicted octanol–water partition coefficient (Wildman–Crippen LogP) is 1.12. The molecule has 2 atom stereocenters. The topological polar surface area (TPSA) is 66.5 Å². The number of nitrogens with one attached hydrogen (secondary N) is 1. The van der Waals surface area contributed by atoms with Crippen molar-refractivity contribution in [3.05, 3.63) is 35.4 Å². The third-order valence-corrected chi connectivity index (χ3v) is 5.80. The molecule has 2 aliphatic rings. The van der Waals surface area contributed by atoms with Crippen LogP contribution in [0.15, 0.2) is 24.3 Å². The van der Waals surface area contributed by atoms with Crippen LogP contribution in [0.3, 0.4) is 0 Å². The second-order valence-electron chi connectivity index (χ2n) is 6.15. The zero-order chi connectivity index (χ0) is 16.6. The fourth-order valence-corrected chi connectivity index (χ4v) is 4.03. The molecular formula is C15H18F2N2O3S. The summed E-state index contributed by atoms with van der Waals surface area (Å²) >= 11 is 0. The summed E-state index contributed by atoms with van der Waals surface area (Å²) in [5, 5.41) is 3.31. The summed E-state index contributed by atoms with van der Waals surface area (Å²) in [5.41, 5.74) is 0.709. The first-order valence-corrected chi connectivity index (χ1v) is 9.17. The number of hydrogen-bond donors (Lipinski definition) is 1. The van der Waals surface area contributed by atoms with Crippen LogP contribution >= 0.6 is 0 Å². The third kappa shape index (κ3) is 3.37. The van der Waals surface area contributed by atoms with Gasteiger partial charge < -0.3 is 10.2 Å². The van der Waals surface area contributed by atoms with Crippen LogP contribution in [0.5, 0.6) is 0 Å². The molecule has 5 nitrogen and oxygen atoms in total. The van der Waals surface area contributed by atoms with Crippen LogP contribution in [0, 0.1) is 11.8 Å². The maximum absolute atomic E-state index is 12.5. The van der Waals surface area contributed by atoms with Gasteiger partial charge >= 0.3 is 5.76 Å². The maximum Gasteiger partial charge on any atom is 0.337 e. The van der Waals surface area contributed by atoms with Gasteiger partial charge in [-0.05, 0) is 29.5 Å². The Kier molecular flexibility index (Phi) is 4.37. The van der Waals surface area contributed by atoms with Gasteiger partial charge in [-0.15, -0.1) is 0 Å². The minimum absolute atomic E-state index is 0.0948. The Labute approximate surface area is 133 Å². The lowest BCUT2D eigenvalue weighted by Crippen LogP contribution is -2.31. The van der Waals surface area contributed by atoms with Crippen molar-refractivity contribution in [3.63, 3.8) is 0 Å². The molecule has 0 unspecified atom stereocenters. The smallest absolute Gasteiger partial charge is 0.337 e. The molecule has 3 rings (SSSR count). The highest BCUT2D eigenvalue weighted by molar-refractivity contribution is 7.90. The van der Waals surface area contributed by atoms with Gasteiger partial charge in [0.25, 0.3) is 5.91 Å². The van der Waals surface area contributed by atoms with E-state index in [9.17, 15) is 22.0 Å². The van der Waals surface area contributed by atoms with Crippen molar-refractivity contribution < 1.29 is 22.0 Å². The Morgan fingerprint density at radius 2 is 1.74 bits per heavy atom. The van der Waals surface area contributed by atoms with Crippen LogP contribution in [-0.4, -0.2) is 51.2 Å². The van der Waals surface area contributed by atoms with Gasteiger partial charge in [0.2, 0.25) is 9.84 Å². The normalized spacial score (nSPS) is 24.2. The van der Waals surface area contributed by atoms with Crippen molar-refractivity contribution in [1.82, 2.24) is 10.2 Å². The van der Waals surface area contributed by atoms with Gasteiger partial charge in [-0.3, -0.25) is 4.79 Å². The Balaban J connectivity index is 1.66. The average Bonchev–Trinajstić information content (AvgIpc) is 3.08. The molecule has 2 saturated heterocycles. The number of sulfone groups is 1. The van der Waals surface area contributed by atoms with E-state index in [0.29, 0.717) is 17.4 Å². The van der Waals surface area contributed by atoms with Gasteiger partial charge in [0.1, 0.15) is 0 Å². The number of likely N-dealkylation sites (tertiary alicyclic amines) is 1. The second-order valence-corrected chi connectivity index (χ2v) is 8.12. The van der Waals surface area contributed by atoms with Crippen LogP contribution in [0.4, 0.5) is 8.78 Å². The summed E-state index contributed by atoms with van der Waals surface area (Å²) in [5.74, 6) is -3.22. The Morgan fingerprint density at radius 1 is 1.17 bits per heavy atom. The predicted molar refractivity (Wildman–Crippen MR) is 80.8 cm³/mol. The van der Waals surface area contributed by atoms with Crippen molar-refractivity contribution in [3.8, 4) is 0 Å². The summed E-state index contributed by atoms with van der Waals surface area (Å²) in [6, 6.07) is 5.85. The Morgan fingerprint density at radius 3 is 2.26 bits per heavy atom. The first-order chi connectivity index (χ1) is 10.9. The zero-order valence-electron chi connectivity index (χ0n) is 12.4. The molecule has 1 amide bonds. The number of carbonyl (C=O) groups excluding carboxylic acids is 1. The first-order valence-electron chi connectivity index (χ1n) is 7.45. The van der Waals surface area contributed by atoms with E-state index in [4.69, 9.17) is 0 Å². The molecule has 2 fully saturated rings. The zero-order valence-corrected chi connectivity index (χ0v) is 13.2. The van der Waals surface area contributed by atoms with E-state index >= 15 is 0 Å². The highest BCUT2D eigenvalue weighted by Gasteiger charge is 2.38. The summed E-state index contributed by atoms with van der Waals surface area (Å²) in [4.78, 5) is 14.3. The number of hydrogen-bond acceptors (Lipinski definition) is 4. The molecule has 0 aliphatic carbocycles. The number of carbonyl (C=O) groups is 1. The van der Waals surface area contributed by atoms with Crippen molar-refractivity contribution in [1.29, 1.82) is 0 Å². The minimum atomic E-state index is -4.45. The molecule has 0 bridgehead atoms. The summed E-state index contributed by atoms with van der Waals surface area (Å²) < 4.78 is 47.2. The number of benzene rings is 1. The monoisotopic (exact) mass is 344 g/mol. The molecule has 126 valence electrons. The van der Waals surface area contributed by atoms with Crippen molar-refractivity contribution in [2.45, 2.75) is 11.5 Å². The van der Waals surface area contributed by atoms with Crippen molar-refractivity contribution >= 4 is 15.7 Å². The highest BCUT2D eigenvalue weighted by Crippen LogP contribution is 2.27. The number of alkyl halides is 2. The van der Waals surface area contributed by atoms with Gasteiger partial charge in [-0.25, -0.2) is 8.42 Å². The molecular weight excluding hydrogens is 326 g/mol. The summed E-state index contributed by atoms with van der Waals surface area (Å²) in [6.45, 7) is 3.30. The van der Waals surface area contributed by atoms with Crippen LogP contribution in [-0.2, 0) is 15.6 Å². The molecule has 2 aliphatic heterocycles. The number of nitrogens with zero attached hydrogens (tertiary/aromatic N) is 1. The average molecular weight is 344 g/mol. The first kappa shape index (κ1) is 16.3. The second kappa shape index (κ2) is 6.16. The van der Waals surface area contributed by atoms with E-state index < -0.39 is 21.3 Å². The van der Waals surface area contributed by atoms with Crippen LogP contribution < -0.4 is 5.32 Å². The van der Waals surface area contributed by atoms with Gasteiger partial charge in [0, 0.05) is 31.7 Å². The van der Waals surface area contributed by atoms with E-state index in [2.05, 4.69) is 5.32 Å². The lowest BCUT2D eigenvalue weighted by Gasteiger charge is -2.17. The van der Waals surface area contributed by atoms with E-state index in [-0.39, 0.29) is 11.5 Å². The Bertz CT molecular complexity index is 679. The van der Waals surface area contributed by atoms with E-state index in [0.717, 1.165) is 26.2 Å². The molecule has 0 radical (unpaired) electrons. The molecule has 23 heavy (non-hydrogen) atoms. The maximum atomic E-state index is 12.5. The van der Waals surface area contributed by atoms with E-state index in [1.807, 2.05) is 0 Å². The molecule has 0 spiro atoms. The van der Waals surface area contributed by atoms with Gasteiger partial charge in [-0.1, -0.05) is 12.1 Å². The van der Waals surface area contributed by atoms with Gasteiger partial charge in [0.15, 0.2) is 0 Å². The van der Waals surface area contributed by atoms with E-state index in [1.54, 1.807) is 4.90 Å². The van der Waals surface area contributed by atoms with Crippen LogP contribution in [0.2, 0.25) is 0 Å². The number of fused-ring (bicyclic) bond motifs is 1. The van der Waals surface area contributed by atoms with Gasteiger partial charge in [0.05, 0.1) is 5.75 Å². The fourth-order valence-electron chi connectivity index (χ4n) is 3.24. The molecule has 0 saturated carbocycles. The van der Waals surface area contributed by atoms with Crippen molar-refractivity contribution in [2.24, 2.45) is 11.8 Å². The van der Waals surface area contributed by atoms with Gasteiger partial charge in [-0.2, -0.15) is 8.78 Å². The quantitative estimate of drug-likeness (QED) is 0.889. The third-order valence-electron chi connectivity index (χ3n) is 4.52. The summed E-state index contributed by atoms with van der Waals surface area (Å²) in [7, 11) is -4.45. The number of halogens is 2. The standard InChI is InChI=1S/C15H18F2N2O3S/c16-15(17)23(21,22)9-10-1-3-11(4-2-10)14(20)19-7-12-5-18-6-13(12)8-19/h1-4,12-13,15,18H,5-9H2/t12-,13+. The highest BCUT2D eigenvalue weighted by atomic mass is 32.2. The largest absolute Gasteiger partial charge is 0.338 e. The molecule has 1 N–H and O–H groups in total. The summed E-state index contributed by atoms with van der Waals surface area (Å²) in [6.07, 6.45) is 0. The molecule has 1 aromatic carbocycles. The van der Waals surface area contributed by atoms with Crippen molar-refractivity contribution in [2.75, 3.05) is 26.2 Å². The van der Waals surface area contributed by atoms with E-state index in [1.165, 1.54) is 24.3 Å². The molecule has 8 heteroatoms. The minimum Gasteiger partial charge on any atom is -0.338 e. The SMILES string of the molecule is O=C(c1ccc(CS(=O)(=O)C(F)F)cc1)N1C[C@H]2CNC[C@H]2C1. The lowest BCUT2D eigenvalue weighted by atomic mass is 10.0. The Hall–Kier alpha value is -1.54. The molecule has 1 aromatic rings. The van der Waals surface area contributed by atoms with Crippen LogP contribution in [0.1, 0.15) is 15.9 Å². The molecule has 2 heterocycles. The lowest BCUT2D eigenvalue weighted by molar-refractivity contribution is 0.0781. The molecule has 0 aromatic heterocycles. The fraction of sp³-hybridized carbons (Fsp3) is 0.533. The van der Waals surface area contributed by atoms with Crippen LogP contribution in [0.25, 0.3) is 0 Å². The number of rotatable bonds is 4.